The molecule has 1 amide bonds. The molecule has 0 unspecified atom stereocenters. The minimum atomic E-state index is -0.205. The Morgan fingerprint density at radius 1 is 0.909 bits per heavy atom. The Kier molecular flexibility index (Phi) is 7.12. The van der Waals surface area contributed by atoms with Crippen molar-refractivity contribution in [3.05, 3.63) is 35.9 Å². The maximum absolute atomic E-state index is 12.7. The van der Waals surface area contributed by atoms with Crippen LogP contribution in [0.15, 0.2) is 30.3 Å². The van der Waals surface area contributed by atoms with E-state index in [1.54, 1.807) is 0 Å². The van der Waals surface area contributed by atoms with Gasteiger partial charge in [-0.15, -0.1) is 0 Å². The predicted octanol–water partition coefficient (Wildman–Crippen LogP) is 5.22. The van der Waals surface area contributed by atoms with Crippen LogP contribution in [0.3, 0.4) is 0 Å². The summed E-state index contributed by atoms with van der Waals surface area (Å²) in [6.45, 7) is 0. The first-order valence-corrected chi connectivity index (χ1v) is 8.18. The average Bonchev–Trinajstić information content (AvgIpc) is 3.24. The molecule has 0 aromatic heterocycles. The zero-order chi connectivity index (χ0) is 13.8. The lowest BCUT2D eigenvalue weighted by Crippen LogP contribution is -2.41. The highest BCUT2D eigenvalue weighted by molar-refractivity contribution is 5.91. The van der Waals surface area contributed by atoms with Crippen LogP contribution in [0.4, 0.5) is 0 Å². The van der Waals surface area contributed by atoms with Gasteiger partial charge in [0.15, 0.2) is 0 Å². The lowest BCUT2D eigenvalue weighted by molar-refractivity contribution is -0.124. The summed E-state index contributed by atoms with van der Waals surface area (Å²) in [5.74, 6) is 0.272. The van der Waals surface area contributed by atoms with Crippen molar-refractivity contribution in [3.8, 4) is 0 Å². The van der Waals surface area contributed by atoms with E-state index < -0.39 is 0 Å². The van der Waals surface area contributed by atoms with Gasteiger partial charge in [-0.05, 0) is 31.2 Å². The Morgan fingerprint density at radius 2 is 1.45 bits per heavy atom. The first kappa shape index (κ1) is 18.7. The van der Waals surface area contributed by atoms with Crippen LogP contribution >= 0.6 is 0 Å². The maximum atomic E-state index is 12.7. The van der Waals surface area contributed by atoms with E-state index in [9.17, 15) is 4.79 Å². The van der Waals surface area contributed by atoms with Crippen LogP contribution in [0.25, 0.3) is 0 Å². The number of carbonyl (C=O) groups is 1. The SMILES string of the molecule is C.C.O=C(NC1CCCCCCC1)C1(c2ccccc2)CC1. The van der Waals surface area contributed by atoms with Gasteiger partial charge in [-0.3, -0.25) is 4.79 Å². The number of carbonyl (C=O) groups excluding carboxylic acids is 1. The summed E-state index contributed by atoms with van der Waals surface area (Å²) in [5, 5.41) is 3.35. The fourth-order valence-corrected chi connectivity index (χ4v) is 3.45. The molecular weight excluding hydrogens is 270 g/mol. The standard InChI is InChI=1S/C18H25NO.2CH4/c20-17(19-16-11-7-2-1-3-8-12-16)18(13-14-18)15-9-5-4-6-10-15;;/h4-6,9-10,16H,1-3,7-8,11-14H2,(H,19,20);2*1H4. The van der Waals surface area contributed by atoms with Gasteiger partial charge in [0.25, 0.3) is 0 Å². The molecule has 0 bridgehead atoms. The Hall–Kier alpha value is -1.31. The van der Waals surface area contributed by atoms with Gasteiger partial charge in [0.2, 0.25) is 5.91 Å². The molecule has 3 rings (SSSR count). The topological polar surface area (TPSA) is 29.1 Å². The van der Waals surface area contributed by atoms with Crippen molar-refractivity contribution in [2.75, 3.05) is 0 Å². The molecule has 2 heteroatoms. The molecule has 124 valence electrons. The van der Waals surface area contributed by atoms with Gasteiger partial charge in [-0.1, -0.05) is 77.3 Å². The van der Waals surface area contributed by atoms with Crippen molar-refractivity contribution in [3.63, 3.8) is 0 Å². The molecular formula is C20H33NO. The normalized spacial score (nSPS) is 20.5. The number of hydrogen-bond acceptors (Lipinski definition) is 1. The van der Waals surface area contributed by atoms with Crippen LogP contribution in [0.2, 0.25) is 0 Å². The summed E-state index contributed by atoms with van der Waals surface area (Å²) >= 11 is 0. The predicted molar refractivity (Wildman–Crippen MR) is 95.1 cm³/mol. The molecule has 1 aromatic carbocycles. The summed E-state index contributed by atoms with van der Waals surface area (Å²) in [7, 11) is 0. The first-order valence-electron chi connectivity index (χ1n) is 8.18. The zero-order valence-electron chi connectivity index (χ0n) is 12.2. The number of amides is 1. The summed E-state index contributed by atoms with van der Waals surface area (Å²) in [5.41, 5.74) is 0.993. The lowest BCUT2D eigenvalue weighted by Gasteiger charge is -2.24. The van der Waals surface area contributed by atoms with Crippen LogP contribution in [-0.2, 0) is 10.2 Å². The third-order valence-corrected chi connectivity index (χ3v) is 4.95. The van der Waals surface area contributed by atoms with Gasteiger partial charge in [0.05, 0.1) is 5.41 Å². The molecule has 2 fully saturated rings. The van der Waals surface area contributed by atoms with Crippen molar-refractivity contribution in [2.24, 2.45) is 0 Å². The molecule has 0 saturated heterocycles. The molecule has 0 aliphatic heterocycles. The lowest BCUT2D eigenvalue weighted by atomic mass is 9.92. The van der Waals surface area contributed by atoms with E-state index in [1.807, 2.05) is 18.2 Å². The summed E-state index contributed by atoms with van der Waals surface area (Å²) in [4.78, 5) is 12.7. The number of benzene rings is 1. The summed E-state index contributed by atoms with van der Waals surface area (Å²) < 4.78 is 0. The van der Waals surface area contributed by atoms with Crippen LogP contribution in [0, 0.1) is 0 Å². The molecule has 2 nitrogen and oxygen atoms in total. The number of hydrogen-bond donors (Lipinski definition) is 1. The van der Waals surface area contributed by atoms with Gasteiger partial charge in [0.1, 0.15) is 0 Å². The fraction of sp³-hybridized carbons (Fsp3) is 0.650. The van der Waals surface area contributed by atoms with E-state index in [-0.39, 0.29) is 26.2 Å². The quantitative estimate of drug-likeness (QED) is 0.815. The average molecular weight is 303 g/mol. The first-order chi connectivity index (χ1) is 9.81. The zero-order valence-corrected chi connectivity index (χ0v) is 12.2. The van der Waals surface area contributed by atoms with E-state index in [0.717, 1.165) is 25.7 Å². The number of nitrogens with one attached hydrogen (secondary N) is 1. The van der Waals surface area contributed by atoms with Gasteiger partial charge in [0, 0.05) is 6.04 Å². The monoisotopic (exact) mass is 303 g/mol. The second-order valence-electron chi connectivity index (χ2n) is 6.46. The third kappa shape index (κ3) is 4.12. The Morgan fingerprint density at radius 3 is 2.00 bits per heavy atom. The van der Waals surface area contributed by atoms with Crippen LogP contribution in [-0.4, -0.2) is 11.9 Å². The van der Waals surface area contributed by atoms with E-state index in [0.29, 0.717) is 6.04 Å². The maximum Gasteiger partial charge on any atom is 0.230 e. The van der Waals surface area contributed by atoms with Gasteiger partial charge in [-0.2, -0.15) is 0 Å². The molecule has 0 spiro atoms. The molecule has 0 radical (unpaired) electrons. The van der Waals surface area contributed by atoms with E-state index in [4.69, 9.17) is 0 Å². The van der Waals surface area contributed by atoms with Gasteiger partial charge in [-0.25, -0.2) is 0 Å². The molecule has 0 atom stereocenters. The van der Waals surface area contributed by atoms with E-state index in [2.05, 4.69) is 17.4 Å². The summed E-state index contributed by atoms with van der Waals surface area (Å²) in [6, 6.07) is 10.7. The van der Waals surface area contributed by atoms with E-state index in [1.165, 1.54) is 37.7 Å². The highest BCUT2D eigenvalue weighted by Crippen LogP contribution is 2.48. The molecule has 0 heterocycles. The molecule has 2 aliphatic carbocycles. The second kappa shape index (κ2) is 8.36. The van der Waals surface area contributed by atoms with Crippen molar-refractivity contribution in [2.45, 2.75) is 84.1 Å². The van der Waals surface area contributed by atoms with Gasteiger partial charge < -0.3 is 5.32 Å². The largest absolute Gasteiger partial charge is 0.353 e. The second-order valence-corrected chi connectivity index (χ2v) is 6.46. The van der Waals surface area contributed by atoms with Crippen molar-refractivity contribution < 1.29 is 4.79 Å². The highest BCUT2D eigenvalue weighted by Gasteiger charge is 2.51. The minimum absolute atomic E-state index is 0. The van der Waals surface area contributed by atoms with Gasteiger partial charge >= 0.3 is 0 Å². The number of rotatable bonds is 3. The summed E-state index contributed by atoms with van der Waals surface area (Å²) in [6.07, 6.45) is 10.9. The molecule has 2 saturated carbocycles. The van der Waals surface area contributed by atoms with Crippen molar-refractivity contribution in [1.29, 1.82) is 0 Å². The third-order valence-electron chi connectivity index (χ3n) is 4.95. The van der Waals surface area contributed by atoms with Crippen molar-refractivity contribution in [1.82, 2.24) is 5.32 Å². The highest BCUT2D eigenvalue weighted by atomic mass is 16.2. The Bertz CT molecular complexity index is 442. The molecule has 22 heavy (non-hydrogen) atoms. The fourth-order valence-electron chi connectivity index (χ4n) is 3.45. The molecule has 1 N–H and O–H groups in total. The smallest absolute Gasteiger partial charge is 0.230 e. The molecule has 1 aromatic rings. The Labute approximate surface area is 136 Å². The van der Waals surface area contributed by atoms with E-state index >= 15 is 0 Å². The van der Waals surface area contributed by atoms with Crippen LogP contribution in [0.1, 0.15) is 78.2 Å². The van der Waals surface area contributed by atoms with Crippen LogP contribution in [0.5, 0.6) is 0 Å². The molecule has 2 aliphatic rings. The van der Waals surface area contributed by atoms with Crippen LogP contribution < -0.4 is 5.32 Å². The minimum Gasteiger partial charge on any atom is -0.353 e. The van der Waals surface area contributed by atoms with Crippen molar-refractivity contribution >= 4 is 5.91 Å². The Balaban J connectivity index is 0.00000121.